The summed E-state index contributed by atoms with van der Waals surface area (Å²) in [6, 6.07) is 6.73. The fourth-order valence-corrected chi connectivity index (χ4v) is 4.96. The van der Waals surface area contributed by atoms with E-state index in [0.29, 0.717) is 9.92 Å². The molecule has 1 aliphatic rings. The third kappa shape index (κ3) is 2.42. The van der Waals surface area contributed by atoms with Crippen LogP contribution in [0.15, 0.2) is 29.2 Å². The molecule has 3 unspecified atom stereocenters. The highest BCUT2D eigenvalue weighted by atomic mass is 35.5. The van der Waals surface area contributed by atoms with Crippen LogP contribution in [0.2, 0.25) is 5.02 Å². The minimum Gasteiger partial charge on any atom is -0.317 e. The molecule has 0 saturated heterocycles. The molecule has 0 heterocycles. The van der Waals surface area contributed by atoms with Crippen LogP contribution in [0.1, 0.15) is 19.8 Å². The van der Waals surface area contributed by atoms with E-state index in [1.165, 1.54) is 0 Å². The smallest absolute Gasteiger partial charge is 0.181 e. The van der Waals surface area contributed by atoms with E-state index in [-0.39, 0.29) is 17.2 Å². The van der Waals surface area contributed by atoms with E-state index in [4.69, 9.17) is 11.6 Å². The van der Waals surface area contributed by atoms with Crippen molar-refractivity contribution in [1.82, 2.24) is 5.32 Å². The van der Waals surface area contributed by atoms with Crippen LogP contribution in [0.25, 0.3) is 0 Å². The molecule has 3 atom stereocenters. The Morgan fingerprint density at radius 3 is 2.33 bits per heavy atom. The summed E-state index contributed by atoms with van der Waals surface area (Å²) in [5, 5.41) is 3.45. The van der Waals surface area contributed by atoms with E-state index >= 15 is 0 Å². The van der Waals surface area contributed by atoms with Crippen molar-refractivity contribution in [3.63, 3.8) is 0 Å². The van der Waals surface area contributed by atoms with Gasteiger partial charge in [-0.15, -0.1) is 0 Å². The molecule has 18 heavy (non-hydrogen) atoms. The molecular formula is C13H18ClNO2S. The third-order valence-electron chi connectivity index (χ3n) is 3.89. The molecule has 1 saturated carbocycles. The van der Waals surface area contributed by atoms with E-state index in [9.17, 15) is 8.42 Å². The molecular weight excluding hydrogens is 270 g/mol. The summed E-state index contributed by atoms with van der Waals surface area (Å²) in [7, 11) is -1.36. The number of benzene rings is 1. The second-order valence-electron chi connectivity index (χ2n) is 4.87. The Kier molecular flexibility index (Phi) is 3.99. The topological polar surface area (TPSA) is 46.2 Å². The van der Waals surface area contributed by atoms with E-state index in [2.05, 4.69) is 5.32 Å². The van der Waals surface area contributed by atoms with Crippen molar-refractivity contribution in [1.29, 1.82) is 0 Å². The Bertz CT molecular complexity index is 512. The summed E-state index contributed by atoms with van der Waals surface area (Å²) < 4.78 is 25.1. The van der Waals surface area contributed by atoms with Crippen LogP contribution in [0, 0.1) is 5.92 Å². The quantitative estimate of drug-likeness (QED) is 0.929. The van der Waals surface area contributed by atoms with E-state index in [1.807, 2.05) is 14.0 Å². The second-order valence-corrected chi connectivity index (χ2v) is 7.47. The van der Waals surface area contributed by atoms with E-state index in [0.717, 1.165) is 12.8 Å². The SMILES string of the molecule is CNC1CCC(S(=O)(=O)c2ccc(Cl)cc2)C1C. The zero-order valence-electron chi connectivity index (χ0n) is 10.6. The number of halogens is 1. The molecule has 1 aromatic carbocycles. The van der Waals surface area contributed by atoms with Gasteiger partial charge in [0, 0.05) is 11.1 Å². The first-order valence-electron chi connectivity index (χ1n) is 6.13. The Labute approximate surface area is 113 Å². The predicted octanol–water partition coefficient (Wildman–Crippen LogP) is 2.50. The monoisotopic (exact) mass is 287 g/mol. The molecule has 1 fully saturated rings. The second kappa shape index (κ2) is 5.19. The maximum Gasteiger partial charge on any atom is 0.181 e. The first kappa shape index (κ1) is 13.8. The summed E-state index contributed by atoms with van der Waals surface area (Å²) in [5.41, 5.74) is 0. The van der Waals surface area contributed by atoms with Gasteiger partial charge < -0.3 is 5.32 Å². The Morgan fingerprint density at radius 2 is 1.83 bits per heavy atom. The number of hydrogen-bond donors (Lipinski definition) is 1. The number of sulfone groups is 1. The maximum absolute atomic E-state index is 12.5. The first-order chi connectivity index (χ1) is 8.46. The Morgan fingerprint density at radius 1 is 1.22 bits per heavy atom. The lowest BCUT2D eigenvalue weighted by molar-refractivity contribution is 0.453. The van der Waals surface area contributed by atoms with E-state index in [1.54, 1.807) is 24.3 Å². The van der Waals surface area contributed by atoms with Gasteiger partial charge in [-0.2, -0.15) is 0 Å². The first-order valence-corrected chi connectivity index (χ1v) is 8.06. The summed E-state index contributed by atoms with van der Waals surface area (Å²) >= 11 is 5.79. The molecule has 0 spiro atoms. The van der Waals surface area contributed by atoms with Crippen molar-refractivity contribution in [2.75, 3.05) is 7.05 Å². The standard InChI is InChI=1S/C13H18ClNO2S/c1-9-12(15-2)7-8-13(9)18(16,17)11-5-3-10(14)4-6-11/h3-6,9,12-13,15H,7-8H2,1-2H3. The molecule has 1 N–H and O–H groups in total. The van der Waals surface area contributed by atoms with Gasteiger partial charge in [-0.1, -0.05) is 18.5 Å². The van der Waals surface area contributed by atoms with Crippen LogP contribution in [0.3, 0.4) is 0 Å². The highest BCUT2D eigenvalue weighted by Crippen LogP contribution is 2.34. The van der Waals surface area contributed by atoms with Crippen LogP contribution in [-0.4, -0.2) is 26.8 Å². The molecule has 2 rings (SSSR count). The number of hydrogen-bond acceptors (Lipinski definition) is 3. The van der Waals surface area contributed by atoms with Crippen LogP contribution >= 0.6 is 11.6 Å². The largest absolute Gasteiger partial charge is 0.317 e. The van der Waals surface area contributed by atoms with Crippen molar-refractivity contribution in [2.45, 2.75) is 36.0 Å². The zero-order valence-corrected chi connectivity index (χ0v) is 12.1. The maximum atomic E-state index is 12.5. The van der Waals surface area contributed by atoms with Crippen LogP contribution in [0.5, 0.6) is 0 Å². The van der Waals surface area contributed by atoms with Gasteiger partial charge in [-0.05, 0) is 50.1 Å². The lowest BCUT2D eigenvalue weighted by atomic mass is 10.1. The van der Waals surface area contributed by atoms with Gasteiger partial charge in [0.15, 0.2) is 9.84 Å². The summed E-state index contributed by atoms with van der Waals surface area (Å²) in [5.74, 6) is 0.135. The molecule has 1 aromatic rings. The predicted molar refractivity (Wildman–Crippen MR) is 73.7 cm³/mol. The highest BCUT2D eigenvalue weighted by molar-refractivity contribution is 7.92. The van der Waals surface area contributed by atoms with Gasteiger partial charge in [0.1, 0.15) is 0 Å². The molecule has 0 radical (unpaired) electrons. The van der Waals surface area contributed by atoms with Gasteiger partial charge in [0.25, 0.3) is 0 Å². The molecule has 100 valence electrons. The van der Waals surface area contributed by atoms with Crippen LogP contribution in [-0.2, 0) is 9.84 Å². The lowest BCUT2D eigenvalue weighted by Crippen LogP contribution is -2.34. The number of nitrogens with one attached hydrogen (secondary N) is 1. The third-order valence-corrected chi connectivity index (χ3v) is 6.54. The minimum atomic E-state index is -3.25. The Hall–Kier alpha value is -0.580. The molecule has 0 aliphatic heterocycles. The zero-order chi connectivity index (χ0) is 13.3. The summed E-state index contributed by atoms with van der Waals surface area (Å²) in [6.07, 6.45) is 1.63. The molecule has 1 aliphatic carbocycles. The van der Waals surface area contributed by atoms with Gasteiger partial charge >= 0.3 is 0 Å². The molecule has 0 bridgehead atoms. The molecule has 0 aromatic heterocycles. The molecule has 5 heteroatoms. The summed E-state index contributed by atoms with van der Waals surface area (Å²) in [4.78, 5) is 0.375. The van der Waals surface area contributed by atoms with Crippen molar-refractivity contribution in [2.24, 2.45) is 5.92 Å². The fourth-order valence-electron chi connectivity index (χ4n) is 2.77. The Balaban J connectivity index is 2.30. The van der Waals surface area contributed by atoms with Crippen molar-refractivity contribution in [3.05, 3.63) is 29.3 Å². The normalized spacial score (nSPS) is 28.5. The lowest BCUT2D eigenvalue weighted by Gasteiger charge is -2.20. The minimum absolute atomic E-state index is 0.135. The molecule has 0 amide bonds. The van der Waals surface area contributed by atoms with Crippen LogP contribution < -0.4 is 5.32 Å². The van der Waals surface area contributed by atoms with Crippen molar-refractivity contribution < 1.29 is 8.42 Å². The molecule has 3 nitrogen and oxygen atoms in total. The highest BCUT2D eigenvalue weighted by Gasteiger charge is 2.40. The van der Waals surface area contributed by atoms with Crippen molar-refractivity contribution >= 4 is 21.4 Å². The van der Waals surface area contributed by atoms with Crippen molar-refractivity contribution in [3.8, 4) is 0 Å². The average Bonchev–Trinajstić information content (AvgIpc) is 2.71. The average molecular weight is 288 g/mol. The van der Waals surface area contributed by atoms with Gasteiger partial charge in [0.2, 0.25) is 0 Å². The van der Waals surface area contributed by atoms with Crippen LogP contribution in [0.4, 0.5) is 0 Å². The summed E-state index contributed by atoms with van der Waals surface area (Å²) in [6.45, 7) is 2.01. The number of rotatable bonds is 3. The van der Waals surface area contributed by atoms with Gasteiger partial charge in [-0.25, -0.2) is 8.42 Å². The van der Waals surface area contributed by atoms with Gasteiger partial charge in [-0.3, -0.25) is 0 Å². The van der Waals surface area contributed by atoms with E-state index < -0.39 is 9.84 Å². The fraction of sp³-hybridized carbons (Fsp3) is 0.538. The van der Waals surface area contributed by atoms with Gasteiger partial charge in [0.05, 0.1) is 10.1 Å².